The summed E-state index contributed by atoms with van der Waals surface area (Å²) in [5.41, 5.74) is 9.73. The van der Waals surface area contributed by atoms with Crippen LogP contribution in [-0.2, 0) is 9.59 Å². The third-order valence-electron chi connectivity index (χ3n) is 1.00. The maximum Gasteiger partial charge on any atom is 0.217 e. The van der Waals surface area contributed by atoms with Crippen LogP contribution in [0.15, 0.2) is 0 Å². The lowest BCUT2D eigenvalue weighted by molar-refractivity contribution is -0.307. The summed E-state index contributed by atoms with van der Waals surface area (Å²) in [5, 5.41) is 9.92. The number of aliphatic carboxylic acids is 1. The molecule has 0 saturated carbocycles. The highest BCUT2D eigenvalue weighted by Crippen LogP contribution is 1.90. The van der Waals surface area contributed by atoms with Gasteiger partial charge in [-0.3, -0.25) is 4.79 Å². The van der Waals surface area contributed by atoms with Crippen LogP contribution in [0, 0.1) is 0 Å². The molecule has 0 aliphatic carbocycles. The summed E-state index contributed by atoms with van der Waals surface area (Å²) in [6.07, 6.45) is 0.0206. The first kappa shape index (κ1) is 12.5. The van der Waals surface area contributed by atoms with Gasteiger partial charge >= 0.3 is 0 Å². The summed E-state index contributed by atoms with van der Waals surface area (Å²) in [6, 6.07) is -1.09. The molecule has 0 bridgehead atoms. The Balaban J connectivity index is 0. The van der Waals surface area contributed by atoms with Crippen molar-refractivity contribution >= 4 is 11.9 Å². The first-order chi connectivity index (χ1) is 4.54. The van der Waals surface area contributed by atoms with E-state index in [0.29, 0.717) is 0 Å². The molecule has 0 aromatic rings. The zero-order chi connectivity index (χ0) is 8.15. The summed E-state index contributed by atoms with van der Waals surface area (Å²) in [7, 11) is 0. The van der Waals surface area contributed by atoms with E-state index in [-0.39, 0.29) is 19.0 Å². The summed E-state index contributed by atoms with van der Waals surface area (Å²) in [5.74, 6) is -1.92. The molecule has 0 aliphatic rings. The van der Waals surface area contributed by atoms with Crippen molar-refractivity contribution in [3.63, 3.8) is 0 Å². The van der Waals surface area contributed by atoms with E-state index >= 15 is 0 Å². The van der Waals surface area contributed by atoms with Crippen LogP contribution >= 0.6 is 0 Å². The van der Waals surface area contributed by atoms with Crippen molar-refractivity contribution in [2.75, 3.05) is 0 Å². The third kappa shape index (κ3) is 6.75. The standard InChI is InChI=1S/C5H10N2O3.H3N/c6-3(5(9)10)1-2-4(7)8;/h3H,1-2,6H2,(H2,7,8)(H,9,10);1H3/t3-;/m0./s1. The SMILES string of the molecule is NC(=O)CC[C@H](N)C(=O)[O-].[NH4+]. The number of nitrogens with two attached hydrogens (primary N) is 2. The van der Waals surface area contributed by atoms with E-state index in [9.17, 15) is 14.7 Å². The van der Waals surface area contributed by atoms with Gasteiger partial charge in [0.05, 0.1) is 5.97 Å². The molecule has 1 amide bonds. The highest BCUT2D eigenvalue weighted by molar-refractivity contribution is 5.76. The second kappa shape index (κ2) is 5.63. The maximum atomic E-state index is 10.1. The Morgan fingerprint density at radius 1 is 1.45 bits per heavy atom. The average molecular weight is 163 g/mol. The first-order valence-corrected chi connectivity index (χ1v) is 2.78. The summed E-state index contributed by atoms with van der Waals surface area (Å²) < 4.78 is 0. The van der Waals surface area contributed by atoms with Gasteiger partial charge in [0.1, 0.15) is 0 Å². The molecule has 0 radical (unpaired) electrons. The molecule has 6 heteroatoms. The van der Waals surface area contributed by atoms with E-state index in [1.54, 1.807) is 0 Å². The lowest BCUT2D eigenvalue weighted by atomic mass is 10.2. The summed E-state index contributed by atoms with van der Waals surface area (Å²) >= 11 is 0. The molecule has 0 rings (SSSR count). The van der Waals surface area contributed by atoms with Crippen molar-refractivity contribution in [2.45, 2.75) is 18.9 Å². The molecule has 0 aromatic heterocycles. The van der Waals surface area contributed by atoms with E-state index in [1.165, 1.54) is 0 Å². The fourth-order valence-corrected chi connectivity index (χ4v) is 0.416. The fraction of sp³-hybridized carbons (Fsp3) is 0.600. The average Bonchev–Trinajstić information content (AvgIpc) is 1.82. The Kier molecular flexibility index (Phi) is 6.41. The quantitative estimate of drug-likeness (QED) is 0.427. The van der Waals surface area contributed by atoms with Crippen LogP contribution in [-0.4, -0.2) is 17.9 Å². The molecule has 0 aromatic carbocycles. The van der Waals surface area contributed by atoms with E-state index in [0.717, 1.165) is 0 Å². The van der Waals surface area contributed by atoms with Crippen molar-refractivity contribution in [2.24, 2.45) is 11.5 Å². The number of carboxylic acid groups (broad SMARTS) is 1. The van der Waals surface area contributed by atoms with Gasteiger partial charge in [0.2, 0.25) is 5.91 Å². The van der Waals surface area contributed by atoms with Gasteiger partial charge < -0.3 is 27.5 Å². The van der Waals surface area contributed by atoms with Gasteiger partial charge in [-0.2, -0.15) is 0 Å². The fourth-order valence-electron chi connectivity index (χ4n) is 0.416. The number of carbonyl (C=O) groups is 2. The monoisotopic (exact) mass is 163 g/mol. The molecular weight excluding hydrogens is 150 g/mol. The molecule has 6 nitrogen and oxygen atoms in total. The molecule has 0 unspecified atom stereocenters. The normalized spacial score (nSPS) is 11.4. The van der Waals surface area contributed by atoms with Gasteiger partial charge in [-0.15, -0.1) is 0 Å². The predicted molar refractivity (Wildman–Crippen MR) is 37.4 cm³/mol. The number of carboxylic acids is 1. The Labute approximate surface area is 64.1 Å². The molecular formula is C5H13N3O3. The van der Waals surface area contributed by atoms with E-state index in [4.69, 9.17) is 11.5 Å². The highest BCUT2D eigenvalue weighted by Gasteiger charge is 2.04. The number of quaternary nitrogens is 1. The molecule has 0 fully saturated rings. The van der Waals surface area contributed by atoms with Crippen LogP contribution in [0.2, 0.25) is 0 Å². The maximum absolute atomic E-state index is 10.1. The Bertz CT molecular complexity index is 148. The molecule has 0 saturated heterocycles. The minimum absolute atomic E-state index is 0. The van der Waals surface area contributed by atoms with E-state index in [2.05, 4.69) is 0 Å². The van der Waals surface area contributed by atoms with Crippen molar-refractivity contribution in [3.05, 3.63) is 0 Å². The van der Waals surface area contributed by atoms with Crippen molar-refractivity contribution < 1.29 is 14.7 Å². The molecule has 66 valence electrons. The van der Waals surface area contributed by atoms with Crippen molar-refractivity contribution in [1.29, 1.82) is 0 Å². The minimum atomic E-state index is -1.36. The molecule has 8 N–H and O–H groups in total. The lowest BCUT2D eigenvalue weighted by Gasteiger charge is -2.09. The first-order valence-electron chi connectivity index (χ1n) is 2.78. The minimum Gasteiger partial charge on any atom is -0.548 e. The second-order valence-electron chi connectivity index (χ2n) is 1.93. The molecule has 11 heavy (non-hydrogen) atoms. The number of hydrogen-bond donors (Lipinski definition) is 3. The van der Waals surface area contributed by atoms with Crippen LogP contribution in [0.1, 0.15) is 12.8 Å². The number of rotatable bonds is 4. The topological polar surface area (TPSA) is 146 Å². The number of carbonyl (C=O) groups excluding carboxylic acids is 2. The van der Waals surface area contributed by atoms with E-state index in [1.807, 2.05) is 0 Å². The Hall–Kier alpha value is -1.14. The van der Waals surface area contributed by atoms with Crippen molar-refractivity contribution in [1.82, 2.24) is 6.15 Å². The molecule has 0 aliphatic heterocycles. The van der Waals surface area contributed by atoms with Crippen LogP contribution in [0.4, 0.5) is 0 Å². The van der Waals surface area contributed by atoms with Gasteiger partial charge in [-0.1, -0.05) is 0 Å². The van der Waals surface area contributed by atoms with Crippen molar-refractivity contribution in [3.8, 4) is 0 Å². The van der Waals surface area contributed by atoms with Gasteiger partial charge in [0.25, 0.3) is 0 Å². The van der Waals surface area contributed by atoms with Gasteiger partial charge in [-0.25, -0.2) is 0 Å². The molecule has 0 spiro atoms. The largest absolute Gasteiger partial charge is 0.548 e. The molecule has 0 heterocycles. The zero-order valence-electron chi connectivity index (χ0n) is 6.37. The van der Waals surface area contributed by atoms with Crippen LogP contribution in [0.5, 0.6) is 0 Å². The lowest BCUT2D eigenvalue weighted by Crippen LogP contribution is -2.42. The van der Waals surface area contributed by atoms with Gasteiger partial charge in [0, 0.05) is 12.5 Å². The molecule has 1 atom stereocenters. The number of amides is 1. The van der Waals surface area contributed by atoms with E-state index < -0.39 is 17.9 Å². The Morgan fingerprint density at radius 3 is 2.18 bits per heavy atom. The van der Waals surface area contributed by atoms with Crippen LogP contribution < -0.4 is 22.7 Å². The van der Waals surface area contributed by atoms with Crippen LogP contribution in [0.25, 0.3) is 0 Å². The van der Waals surface area contributed by atoms with Gasteiger partial charge in [0.15, 0.2) is 0 Å². The third-order valence-corrected chi connectivity index (χ3v) is 1.00. The van der Waals surface area contributed by atoms with Gasteiger partial charge in [-0.05, 0) is 6.42 Å². The van der Waals surface area contributed by atoms with Crippen LogP contribution in [0.3, 0.4) is 0 Å². The smallest absolute Gasteiger partial charge is 0.217 e. The zero-order valence-corrected chi connectivity index (χ0v) is 6.37. The highest BCUT2D eigenvalue weighted by atomic mass is 16.4. The summed E-state index contributed by atoms with van der Waals surface area (Å²) in [6.45, 7) is 0. The summed E-state index contributed by atoms with van der Waals surface area (Å²) in [4.78, 5) is 20.0. The predicted octanol–water partition coefficient (Wildman–Crippen LogP) is -2.29. The Morgan fingerprint density at radius 2 is 1.91 bits per heavy atom. The second-order valence-corrected chi connectivity index (χ2v) is 1.93. The number of primary amides is 1. The number of hydrogen-bond acceptors (Lipinski definition) is 4.